The molecule has 3 N–H and O–H groups in total. The molecule has 0 bridgehead atoms. The number of carbonyl (C=O) groups is 1. The van der Waals surface area contributed by atoms with Crippen LogP contribution in [0, 0.1) is 0 Å². The molecular weight excluding hydrogens is 264 g/mol. The largest absolute Gasteiger partial charge is 0.370 e. The number of carbonyl (C=O) groups excluding carboxylic acids is 1. The molecule has 1 heterocycles. The van der Waals surface area contributed by atoms with E-state index in [0.717, 1.165) is 31.5 Å². The molecule has 2 aliphatic rings. The van der Waals surface area contributed by atoms with Gasteiger partial charge in [0, 0.05) is 18.3 Å². The Hall–Kier alpha value is -2.04. The van der Waals surface area contributed by atoms with Crippen LogP contribution in [0.25, 0.3) is 0 Å². The summed E-state index contributed by atoms with van der Waals surface area (Å²) in [5, 5.41) is 3.20. The monoisotopic (exact) mass is 286 g/mol. The Labute approximate surface area is 125 Å². The highest BCUT2D eigenvalue weighted by Crippen LogP contribution is 2.27. The Kier molecular flexibility index (Phi) is 4.08. The van der Waals surface area contributed by atoms with Crippen molar-refractivity contribution >= 4 is 17.6 Å². The number of nitrogens with one attached hydrogen (secondary N) is 1. The lowest BCUT2D eigenvalue weighted by atomic mass is 10.2. The van der Waals surface area contributed by atoms with Crippen LogP contribution >= 0.6 is 0 Å². The molecule has 21 heavy (non-hydrogen) atoms. The summed E-state index contributed by atoms with van der Waals surface area (Å²) in [4.78, 5) is 18.3. The van der Waals surface area contributed by atoms with Crippen molar-refractivity contribution in [1.29, 1.82) is 0 Å². The molecule has 5 nitrogen and oxygen atoms in total. The van der Waals surface area contributed by atoms with E-state index in [0.29, 0.717) is 12.0 Å². The topological polar surface area (TPSA) is 70.7 Å². The maximum absolute atomic E-state index is 12.3. The Balaban J connectivity index is 1.57. The fourth-order valence-electron chi connectivity index (χ4n) is 3.16. The van der Waals surface area contributed by atoms with Gasteiger partial charge in [0.05, 0.1) is 0 Å². The fraction of sp³-hybridized carbons (Fsp3) is 0.500. The quantitative estimate of drug-likeness (QED) is 0.652. The SMILES string of the molecule is NC(=NCC(=O)N1CCc2ccccc21)NC1CCCC1. The molecule has 1 fully saturated rings. The normalized spacial score (nSPS) is 18.9. The number of nitrogens with zero attached hydrogens (tertiary/aromatic N) is 2. The molecule has 0 saturated heterocycles. The highest BCUT2D eigenvalue weighted by atomic mass is 16.2. The Morgan fingerprint density at radius 2 is 2.10 bits per heavy atom. The van der Waals surface area contributed by atoms with E-state index >= 15 is 0 Å². The Morgan fingerprint density at radius 1 is 1.33 bits per heavy atom. The van der Waals surface area contributed by atoms with E-state index in [4.69, 9.17) is 5.73 Å². The third kappa shape index (κ3) is 3.17. The lowest BCUT2D eigenvalue weighted by Crippen LogP contribution is -2.40. The van der Waals surface area contributed by atoms with Crippen molar-refractivity contribution in [3.05, 3.63) is 29.8 Å². The smallest absolute Gasteiger partial charge is 0.248 e. The highest BCUT2D eigenvalue weighted by molar-refractivity contribution is 5.97. The first-order chi connectivity index (χ1) is 10.2. The van der Waals surface area contributed by atoms with E-state index in [-0.39, 0.29) is 12.5 Å². The summed E-state index contributed by atoms with van der Waals surface area (Å²) in [5.74, 6) is 0.402. The van der Waals surface area contributed by atoms with Crippen LogP contribution < -0.4 is 16.0 Å². The van der Waals surface area contributed by atoms with Crippen molar-refractivity contribution in [3.63, 3.8) is 0 Å². The minimum atomic E-state index is 0.0103. The standard InChI is InChI=1S/C16H22N4O/c17-16(19-13-6-2-3-7-13)18-11-15(21)20-10-9-12-5-1-4-8-14(12)20/h1,4-5,8,13H,2-3,6-7,9-11H2,(H3,17,18,19). The number of para-hydroxylation sites is 1. The van der Waals surface area contributed by atoms with Crippen LogP contribution in [0.4, 0.5) is 5.69 Å². The molecule has 0 unspecified atom stereocenters. The average molecular weight is 286 g/mol. The minimum absolute atomic E-state index is 0.0103. The van der Waals surface area contributed by atoms with Gasteiger partial charge in [0.15, 0.2) is 5.96 Å². The molecule has 1 saturated carbocycles. The average Bonchev–Trinajstić information content (AvgIpc) is 3.13. The third-order valence-electron chi connectivity index (χ3n) is 4.28. The summed E-state index contributed by atoms with van der Waals surface area (Å²) in [6.07, 6.45) is 5.69. The van der Waals surface area contributed by atoms with Gasteiger partial charge in [-0.05, 0) is 30.9 Å². The maximum Gasteiger partial charge on any atom is 0.248 e. The molecule has 1 aromatic rings. The van der Waals surface area contributed by atoms with Gasteiger partial charge in [-0.15, -0.1) is 0 Å². The van der Waals surface area contributed by atoms with Crippen LogP contribution in [0.3, 0.4) is 0 Å². The second-order valence-corrected chi connectivity index (χ2v) is 5.75. The maximum atomic E-state index is 12.3. The van der Waals surface area contributed by atoms with Crippen molar-refractivity contribution in [1.82, 2.24) is 5.32 Å². The molecule has 112 valence electrons. The zero-order valence-corrected chi connectivity index (χ0v) is 12.2. The number of hydrogen-bond donors (Lipinski definition) is 2. The van der Waals surface area contributed by atoms with Gasteiger partial charge in [-0.2, -0.15) is 0 Å². The molecule has 1 amide bonds. The van der Waals surface area contributed by atoms with Gasteiger partial charge in [-0.1, -0.05) is 31.0 Å². The van der Waals surface area contributed by atoms with Crippen molar-refractivity contribution in [3.8, 4) is 0 Å². The summed E-state index contributed by atoms with van der Waals surface area (Å²) in [5.41, 5.74) is 8.11. The minimum Gasteiger partial charge on any atom is -0.370 e. The highest BCUT2D eigenvalue weighted by Gasteiger charge is 2.23. The van der Waals surface area contributed by atoms with Crippen LogP contribution in [0.5, 0.6) is 0 Å². The zero-order valence-electron chi connectivity index (χ0n) is 12.2. The first kappa shape index (κ1) is 13.9. The van der Waals surface area contributed by atoms with Gasteiger partial charge in [0.1, 0.15) is 6.54 Å². The lowest BCUT2D eigenvalue weighted by molar-refractivity contribution is -0.117. The van der Waals surface area contributed by atoms with E-state index in [1.807, 2.05) is 23.1 Å². The third-order valence-corrected chi connectivity index (χ3v) is 4.28. The fourth-order valence-corrected chi connectivity index (χ4v) is 3.16. The second kappa shape index (κ2) is 6.16. The molecule has 0 atom stereocenters. The number of amides is 1. The van der Waals surface area contributed by atoms with Crippen LogP contribution in [0.15, 0.2) is 29.3 Å². The van der Waals surface area contributed by atoms with Crippen molar-refractivity contribution in [2.75, 3.05) is 18.0 Å². The van der Waals surface area contributed by atoms with Crippen LogP contribution in [-0.4, -0.2) is 31.0 Å². The molecule has 1 aromatic carbocycles. The van der Waals surface area contributed by atoms with E-state index in [2.05, 4.69) is 16.4 Å². The van der Waals surface area contributed by atoms with Crippen molar-refractivity contribution in [2.45, 2.75) is 38.1 Å². The molecule has 0 radical (unpaired) electrons. The molecule has 1 aliphatic heterocycles. The first-order valence-corrected chi connectivity index (χ1v) is 7.69. The van der Waals surface area contributed by atoms with E-state index in [1.54, 1.807) is 0 Å². The van der Waals surface area contributed by atoms with Gasteiger partial charge in [0.25, 0.3) is 0 Å². The molecule has 0 spiro atoms. The lowest BCUT2D eigenvalue weighted by Gasteiger charge is -2.17. The summed E-state index contributed by atoms with van der Waals surface area (Å²) in [7, 11) is 0. The molecule has 3 rings (SSSR count). The number of aliphatic imine (C=N–C) groups is 1. The van der Waals surface area contributed by atoms with Gasteiger partial charge in [0.2, 0.25) is 5.91 Å². The molecular formula is C16H22N4O. The van der Waals surface area contributed by atoms with E-state index < -0.39 is 0 Å². The van der Waals surface area contributed by atoms with Crippen molar-refractivity contribution < 1.29 is 4.79 Å². The summed E-state index contributed by atoms with van der Waals surface area (Å²) >= 11 is 0. The van der Waals surface area contributed by atoms with Gasteiger partial charge in [-0.3, -0.25) is 4.79 Å². The number of nitrogens with two attached hydrogens (primary N) is 1. The molecule has 5 heteroatoms. The van der Waals surface area contributed by atoms with E-state index in [1.165, 1.54) is 18.4 Å². The Bertz CT molecular complexity index is 549. The number of fused-ring (bicyclic) bond motifs is 1. The number of guanidine groups is 1. The molecule has 0 aromatic heterocycles. The molecule has 1 aliphatic carbocycles. The van der Waals surface area contributed by atoms with Crippen LogP contribution in [0.2, 0.25) is 0 Å². The number of anilines is 1. The first-order valence-electron chi connectivity index (χ1n) is 7.69. The summed E-state index contributed by atoms with van der Waals surface area (Å²) < 4.78 is 0. The predicted octanol–water partition coefficient (Wildman–Crippen LogP) is 1.42. The van der Waals surface area contributed by atoms with Crippen LogP contribution in [0.1, 0.15) is 31.2 Å². The Morgan fingerprint density at radius 3 is 2.90 bits per heavy atom. The van der Waals surface area contributed by atoms with Crippen LogP contribution in [-0.2, 0) is 11.2 Å². The van der Waals surface area contributed by atoms with Gasteiger partial charge in [-0.25, -0.2) is 4.99 Å². The number of benzene rings is 1. The van der Waals surface area contributed by atoms with Gasteiger partial charge >= 0.3 is 0 Å². The second-order valence-electron chi connectivity index (χ2n) is 5.75. The zero-order chi connectivity index (χ0) is 14.7. The summed E-state index contributed by atoms with van der Waals surface area (Å²) in [6, 6.07) is 8.46. The van der Waals surface area contributed by atoms with E-state index in [9.17, 15) is 4.79 Å². The number of rotatable bonds is 3. The summed E-state index contributed by atoms with van der Waals surface area (Å²) in [6.45, 7) is 0.851. The predicted molar refractivity (Wildman–Crippen MR) is 84.4 cm³/mol. The number of hydrogen-bond acceptors (Lipinski definition) is 2. The van der Waals surface area contributed by atoms with Gasteiger partial charge < -0.3 is 16.0 Å². The van der Waals surface area contributed by atoms with Crippen molar-refractivity contribution in [2.24, 2.45) is 10.7 Å².